The number of nitrogens with one attached hydrogen (secondary N) is 1. The Balaban J connectivity index is 2.41. The largest absolute Gasteiger partial charge is 0.298 e. The molecule has 4 nitrogen and oxygen atoms in total. The molecule has 1 aliphatic heterocycles. The van der Waals surface area contributed by atoms with Crippen LogP contribution in [0.1, 0.15) is 5.82 Å². The Bertz CT molecular complexity index is 220. The van der Waals surface area contributed by atoms with Gasteiger partial charge in [-0.2, -0.15) is 0 Å². The highest BCUT2D eigenvalue weighted by atomic mass is 79.9. The summed E-state index contributed by atoms with van der Waals surface area (Å²) in [7, 11) is 0. The van der Waals surface area contributed by atoms with Crippen molar-refractivity contribution in [2.24, 2.45) is 0 Å². The molecule has 1 aromatic heterocycles. The fourth-order valence-electron chi connectivity index (χ4n) is 1.04. The lowest BCUT2D eigenvalue weighted by atomic mass is 10.4. The van der Waals surface area contributed by atoms with E-state index in [1.165, 1.54) is 0 Å². The summed E-state index contributed by atoms with van der Waals surface area (Å²) in [6.07, 6.45) is 0.971. The third kappa shape index (κ3) is 0.951. The van der Waals surface area contributed by atoms with Crippen LogP contribution >= 0.6 is 15.9 Å². The second-order valence-corrected chi connectivity index (χ2v) is 2.91. The van der Waals surface area contributed by atoms with Gasteiger partial charge in [-0.1, -0.05) is 0 Å². The molecule has 0 bridgehead atoms. The van der Waals surface area contributed by atoms with Gasteiger partial charge in [-0.15, -0.1) is 5.10 Å². The molecule has 0 radical (unpaired) electrons. The highest BCUT2D eigenvalue weighted by Crippen LogP contribution is 2.06. The van der Waals surface area contributed by atoms with Crippen LogP contribution in [0, 0.1) is 0 Å². The van der Waals surface area contributed by atoms with Crippen LogP contribution in [-0.4, -0.2) is 21.3 Å². The summed E-state index contributed by atoms with van der Waals surface area (Å²) in [4.78, 5) is 4.18. The zero-order chi connectivity index (χ0) is 6.97. The maximum atomic E-state index is 4.18. The van der Waals surface area contributed by atoms with E-state index in [-0.39, 0.29) is 0 Å². The average molecular weight is 203 g/mol. The maximum absolute atomic E-state index is 4.18. The van der Waals surface area contributed by atoms with Crippen molar-refractivity contribution in [2.75, 3.05) is 6.54 Å². The topological polar surface area (TPSA) is 42.7 Å². The molecule has 1 aromatic rings. The molecular formula is C5H7BrN4. The van der Waals surface area contributed by atoms with Crippen molar-refractivity contribution in [3.63, 3.8) is 0 Å². The van der Waals surface area contributed by atoms with Crippen LogP contribution in [0.15, 0.2) is 4.73 Å². The number of fused-ring (bicyclic) bond motifs is 1. The molecule has 0 atom stereocenters. The fraction of sp³-hybridized carbons (Fsp3) is 0.600. The van der Waals surface area contributed by atoms with E-state index in [1.807, 2.05) is 4.68 Å². The maximum Gasteiger partial charge on any atom is 0.217 e. The van der Waals surface area contributed by atoms with Crippen LogP contribution in [0.25, 0.3) is 0 Å². The van der Waals surface area contributed by atoms with Gasteiger partial charge in [-0.3, -0.25) is 5.32 Å². The van der Waals surface area contributed by atoms with Gasteiger partial charge in [0, 0.05) is 13.0 Å². The highest BCUT2D eigenvalue weighted by Gasteiger charge is 2.10. The molecule has 1 N–H and O–H groups in total. The zero-order valence-electron chi connectivity index (χ0n) is 5.34. The normalized spacial score (nSPS) is 16.9. The quantitative estimate of drug-likeness (QED) is 0.652. The number of hydrogen-bond donors (Lipinski definition) is 1. The molecule has 0 aromatic carbocycles. The number of aromatic nitrogens is 3. The molecular weight excluding hydrogens is 196 g/mol. The van der Waals surface area contributed by atoms with E-state index in [4.69, 9.17) is 0 Å². The second-order valence-electron chi connectivity index (χ2n) is 2.20. The lowest BCUT2D eigenvalue weighted by molar-refractivity contribution is 0.447. The Kier molecular flexibility index (Phi) is 1.46. The Morgan fingerprint density at radius 2 is 2.50 bits per heavy atom. The number of nitrogens with zero attached hydrogens (tertiary/aromatic N) is 3. The first-order valence-electron chi connectivity index (χ1n) is 3.16. The zero-order valence-corrected chi connectivity index (χ0v) is 6.93. The molecule has 2 heterocycles. The summed E-state index contributed by atoms with van der Waals surface area (Å²) in [5.74, 6) is 1.06. The van der Waals surface area contributed by atoms with Gasteiger partial charge in [0.1, 0.15) is 5.82 Å². The summed E-state index contributed by atoms with van der Waals surface area (Å²) < 4.78 is 2.55. The fourth-order valence-corrected chi connectivity index (χ4v) is 1.44. The first-order chi connectivity index (χ1) is 4.86. The van der Waals surface area contributed by atoms with E-state index in [9.17, 15) is 0 Å². The predicted octanol–water partition coefficient (Wildman–Crippen LogP) is 0.144. The minimum absolute atomic E-state index is 0.686. The standard InChI is InChI=1S/C5H7BrN4/c6-5-8-4-1-2-7-3-10(4)9-5/h7H,1-3H2. The van der Waals surface area contributed by atoms with Crippen LogP contribution in [0.3, 0.4) is 0 Å². The summed E-state index contributed by atoms with van der Waals surface area (Å²) in [6, 6.07) is 0. The molecule has 54 valence electrons. The Hall–Kier alpha value is -0.420. The Morgan fingerprint density at radius 1 is 1.60 bits per heavy atom. The van der Waals surface area contributed by atoms with Gasteiger partial charge < -0.3 is 0 Å². The summed E-state index contributed by atoms with van der Waals surface area (Å²) in [6.45, 7) is 1.79. The summed E-state index contributed by atoms with van der Waals surface area (Å²) in [5, 5.41) is 7.30. The van der Waals surface area contributed by atoms with Gasteiger partial charge in [-0.25, -0.2) is 9.67 Å². The van der Waals surface area contributed by atoms with Crippen molar-refractivity contribution >= 4 is 15.9 Å². The van der Waals surface area contributed by atoms with E-state index >= 15 is 0 Å². The van der Waals surface area contributed by atoms with Crippen LogP contribution in [0.4, 0.5) is 0 Å². The van der Waals surface area contributed by atoms with Gasteiger partial charge in [0.25, 0.3) is 0 Å². The van der Waals surface area contributed by atoms with Crippen LogP contribution in [-0.2, 0) is 13.1 Å². The third-order valence-corrected chi connectivity index (χ3v) is 1.85. The van der Waals surface area contributed by atoms with Crippen molar-refractivity contribution < 1.29 is 0 Å². The summed E-state index contributed by atoms with van der Waals surface area (Å²) in [5.41, 5.74) is 0. The first-order valence-corrected chi connectivity index (χ1v) is 3.95. The molecule has 0 amide bonds. The molecule has 1 aliphatic rings. The van der Waals surface area contributed by atoms with Crippen LogP contribution in [0.5, 0.6) is 0 Å². The lowest BCUT2D eigenvalue weighted by Gasteiger charge is -2.11. The van der Waals surface area contributed by atoms with Crippen molar-refractivity contribution in [1.82, 2.24) is 20.1 Å². The monoisotopic (exact) mass is 202 g/mol. The summed E-state index contributed by atoms with van der Waals surface area (Å²) >= 11 is 3.22. The molecule has 0 aliphatic carbocycles. The Labute approximate surface area is 66.8 Å². The molecule has 10 heavy (non-hydrogen) atoms. The predicted molar refractivity (Wildman–Crippen MR) is 39.4 cm³/mol. The average Bonchev–Trinajstić information content (AvgIpc) is 2.27. The van der Waals surface area contributed by atoms with E-state index in [0.29, 0.717) is 4.73 Å². The first kappa shape index (κ1) is 6.30. The van der Waals surface area contributed by atoms with Crippen LogP contribution < -0.4 is 5.32 Å². The van der Waals surface area contributed by atoms with Gasteiger partial charge in [0.2, 0.25) is 4.73 Å². The number of hydrogen-bond acceptors (Lipinski definition) is 3. The molecule has 0 saturated carbocycles. The highest BCUT2D eigenvalue weighted by molar-refractivity contribution is 9.10. The third-order valence-electron chi connectivity index (χ3n) is 1.51. The molecule has 0 fully saturated rings. The molecule has 5 heteroatoms. The molecule has 0 spiro atoms. The second kappa shape index (κ2) is 2.32. The van der Waals surface area contributed by atoms with Crippen molar-refractivity contribution in [1.29, 1.82) is 0 Å². The van der Waals surface area contributed by atoms with Crippen molar-refractivity contribution in [3.8, 4) is 0 Å². The van der Waals surface area contributed by atoms with Gasteiger partial charge in [0.05, 0.1) is 6.67 Å². The minimum Gasteiger partial charge on any atom is -0.298 e. The lowest BCUT2D eigenvalue weighted by Crippen LogP contribution is -2.29. The number of halogens is 1. The van der Waals surface area contributed by atoms with E-state index in [2.05, 4.69) is 31.3 Å². The van der Waals surface area contributed by atoms with Crippen molar-refractivity contribution in [2.45, 2.75) is 13.1 Å². The van der Waals surface area contributed by atoms with E-state index < -0.39 is 0 Å². The number of rotatable bonds is 0. The van der Waals surface area contributed by atoms with Crippen molar-refractivity contribution in [3.05, 3.63) is 10.6 Å². The molecule has 2 rings (SSSR count). The SMILES string of the molecule is Brc1nc2n(n1)CNCC2. The van der Waals surface area contributed by atoms with Gasteiger partial charge in [0.15, 0.2) is 0 Å². The minimum atomic E-state index is 0.686. The van der Waals surface area contributed by atoms with Gasteiger partial charge >= 0.3 is 0 Å². The van der Waals surface area contributed by atoms with E-state index in [0.717, 1.165) is 25.5 Å². The molecule has 0 unspecified atom stereocenters. The molecule has 0 saturated heterocycles. The van der Waals surface area contributed by atoms with E-state index in [1.54, 1.807) is 0 Å². The Morgan fingerprint density at radius 3 is 3.30 bits per heavy atom. The van der Waals surface area contributed by atoms with Crippen LogP contribution in [0.2, 0.25) is 0 Å². The smallest absolute Gasteiger partial charge is 0.217 e. The van der Waals surface area contributed by atoms with Gasteiger partial charge in [-0.05, 0) is 15.9 Å².